The van der Waals surface area contributed by atoms with Gasteiger partial charge in [-0.1, -0.05) is 76.1 Å². The van der Waals surface area contributed by atoms with Gasteiger partial charge in [-0.3, -0.25) is 0 Å². The smallest absolute Gasteiger partial charge is 0.386 e. The second kappa shape index (κ2) is 9.29. The number of aryl methyl sites for hydroxylation is 1. The van der Waals surface area contributed by atoms with Gasteiger partial charge >= 0.3 is 8.80 Å². The Bertz CT molecular complexity index is 374. The minimum atomic E-state index is -4.17. The van der Waals surface area contributed by atoms with E-state index in [-0.39, 0.29) is 0 Å². The Labute approximate surface area is 123 Å². The Morgan fingerprint density at radius 3 is 1.95 bits per heavy atom. The molecule has 0 fully saturated rings. The molecular formula is C16H28O3Si. The third kappa shape index (κ3) is 6.66. The van der Waals surface area contributed by atoms with Crippen molar-refractivity contribution in [2.45, 2.75) is 64.7 Å². The Morgan fingerprint density at radius 2 is 1.35 bits per heavy atom. The second-order valence-electron chi connectivity index (χ2n) is 5.52. The van der Waals surface area contributed by atoms with Crippen LogP contribution in [0.3, 0.4) is 0 Å². The van der Waals surface area contributed by atoms with E-state index in [2.05, 4.69) is 6.92 Å². The summed E-state index contributed by atoms with van der Waals surface area (Å²) in [7, 11) is -4.17. The van der Waals surface area contributed by atoms with Crippen LogP contribution in [0.2, 0.25) is 0 Å². The lowest BCUT2D eigenvalue weighted by atomic mass is 10.0. The lowest BCUT2D eigenvalue weighted by Crippen LogP contribution is -2.50. The van der Waals surface area contributed by atoms with Crippen molar-refractivity contribution >= 4 is 14.0 Å². The van der Waals surface area contributed by atoms with Crippen molar-refractivity contribution < 1.29 is 14.4 Å². The first kappa shape index (κ1) is 17.4. The van der Waals surface area contributed by atoms with Gasteiger partial charge in [-0.2, -0.15) is 0 Å². The summed E-state index contributed by atoms with van der Waals surface area (Å²) >= 11 is 0. The topological polar surface area (TPSA) is 60.7 Å². The molecule has 1 aromatic rings. The lowest BCUT2D eigenvalue weighted by molar-refractivity contribution is 0.249. The highest BCUT2D eigenvalue weighted by Gasteiger charge is 2.32. The molecule has 0 amide bonds. The number of hydrogen-bond acceptors (Lipinski definition) is 3. The molecule has 1 aromatic carbocycles. The van der Waals surface area contributed by atoms with E-state index in [9.17, 15) is 14.4 Å². The Hall–Kier alpha value is -0.683. The normalized spacial score (nSPS) is 11.8. The van der Waals surface area contributed by atoms with E-state index in [0.717, 1.165) is 24.8 Å². The van der Waals surface area contributed by atoms with Crippen molar-refractivity contribution in [1.82, 2.24) is 0 Å². The summed E-state index contributed by atoms with van der Waals surface area (Å²) in [6.45, 7) is 2.23. The molecule has 0 saturated carbocycles. The van der Waals surface area contributed by atoms with Gasteiger partial charge in [0.2, 0.25) is 0 Å². The van der Waals surface area contributed by atoms with E-state index in [1.807, 2.05) is 12.1 Å². The molecule has 0 saturated heterocycles. The maximum Gasteiger partial charge on any atom is 0.529 e. The van der Waals surface area contributed by atoms with Gasteiger partial charge in [-0.15, -0.1) is 0 Å². The van der Waals surface area contributed by atoms with Crippen LogP contribution in [-0.4, -0.2) is 23.2 Å². The van der Waals surface area contributed by atoms with Crippen molar-refractivity contribution in [1.29, 1.82) is 0 Å². The van der Waals surface area contributed by atoms with Gasteiger partial charge in [0.1, 0.15) is 0 Å². The molecule has 0 aliphatic rings. The molecule has 0 unspecified atom stereocenters. The summed E-state index contributed by atoms with van der Waals surface area (Å²) in [5, 5.41) is 0.336. The highest BCUT2D eigenvalue weighted by atomic mass is 28.4. The van der Waals surface area contributed by atoms with E-state index in [1.165, 1.54) is 38.5 Å². The molecule has 4 heteroatoms. The van der Waals surface area contributed by atoms with Gasteiger partial charge < -0.3 is 14.4 Å². The largest absolute Gasteiger partial charge is 0.529 e. The first-order chi connectivity index (χ1) is 9.55. The zero-order valence-corrected chi connectivity index (χ0v) is 13.5. The average molecular weight is 296 g/mol. The van der Waals surface area contributed by atoms with E-state index in [4.69, 9.17) is 0 Å². The van der Waals surface area contributed by atoms with E-state index in [0.29, 0.717) is 5.19 Å². The minimum Gasteiger partial charge on any atom is -0.386 e. The van der Waals surface area contributed by atoms with Gasteiger partial charge in [0, 0.05) is 5.19 Å². The first-order valence-corrected chi connectivity index (χ1v) is 9.65. The maximum absolute atomic E-state index is 9.44. The van der Waals surface area contributed by atoms with Crippen LogP contribution < -0.4 is 5.19 Å². The number of benzene rings is 1. The van der Waals surface area contributed by atoms with Gasteiger partial charge in [-0.05, 0) is 18.4 Å². The molecule has 0 spiro atoms. The van der Waals surface area contributed by atoms with E-state index >= 15 is 0 Å². The highest BCUT2D eigenvalue weighted by molar-refractivity contribution is 6.72. The predicted octanol–water partition coefficient (Wildman–Crippen LogP) is 2.49. The molecule has 0 atom stereocenters. The van der Waals surface area contributed by atoms with Crippen LogP contribution in [0.15, 0.2) is 24.3 Å². The molecule has 114 valence electrons. The summed E-state index contributed by atoms with van der Waals surface area (Å²) < 4.78 is 0. The van der Waals surface area contributed by atoms with Crippen LogP contribution in [0.5, 0.6) is 0 Å². The number of unbranched alkanes of at least 4 members (excludes halogenated alkanes) is 7. The van der Waals surface area contributed by atoms with Crippen molar-refractivity contribution in [3.63, 3.8) is 0 Å². The number of hydrogen-bond donors (Lipinski definition) is 3. The lowest BCUT2D eigenvalue weighted by Gasteiger charge is -2.14. The zero-order valence-electron chi connectivity index (χ0n) is 12.5. The quantitative estimate of drug-likeness (QED) is 0.459. The van der Waals surface area contributed by atoms with Gasteiger partial charge in [0.15, 0.2) is 0 Å². The number of rotatable bonds is 10. The van der Waals surface area contributed by atoms with Crippen molar-refractivity contribution in [2.75, 3.05) is 0 Å². The molecule has 0 aliphatic carbocycles. The fourth-order valence-electron chi connectivity index (χ4n) is 2.51. The summed E-state index contributed by atoms with van der Waals surface area (Å²) in [4.78, 5) is 28.3. The van der Waals surface area contributed by atoms with Crippen molar-refractivity contribution in [3.05, 3.63) is 29.8 Å². The zero-order chi connectivity index (χ0) is 14.8. The van der Waals surface area contributed by atoms with Crippen LogP contribution in [0, 0.1) is 0 Å². The second-order valence-corrected chi connectivity index (χ2v) is 7.33. The van der Waals surface area contributed by atoms with Crippen LogP contribution in [0.25, 0.3) is 0 Å². The Kier molecular flexibility index (Phi) is 8.07. The van der Waals surface area contributed by atoms with Crippen LogP contribution in [0.4, 0.5) is 0 Å². The van der Waals surface area contributed by atoms with E-state index < -0.39 is 8.80 Å². The summed E-state index contributed by atoms with van der Waals surface area (Å²) in [6.07, 6.45) is 10.8. The van der Waals surface area contributed by atoms with Gasteiger partial charge in [0.05, 0.1) is 0 Å². The van der Waals surface area contributed by atoms with Crippen molar-refractivity contribution in [2.24, 2.45) is 0 Å². The van der Waals surface area contributed by atoms with Gasteiger partial charge in [-0.25, -0.2) is 0 Å². The molecule has 0 aromatic heterocycles. The molecule has 0 bridgehead atoms. The SMILES string of the molecule is CCCCCCCCCCc1ccccc1[Si](O)(O)O. The van der Waals surface area contributed by atoms with Gasteiger partial charge in [0.25, 0.3) is 0 Å². The first-order valence-electron chi connectivity index (χ1n) is 7.81. The predicted molar refractivity (Wildman–Crippen MR) is 84.8 cm³/mol. The standard InChI is InChI=1S/C16H28O3Si/c1-2-3-4-5-6-7-8-9-12-15-13-10-11-14-16(15)20(17,18)19/h10-11,13-14,17-19H,2-9,12H2,1H3. The molecule has 3 N–H and O–H groups in total. The molecule has 20 heavy (non-hydrogen) atoms. The Morgan fingerprint density at radius 1 is 0.800 bits per heavy atom. The molecule has 3 nitrogen and oxygen atoms in total. The summed E-state index contributed by atoms with van der Waals surface area (Å²) in [5.74, 6) is 0. The van der Waals surface area contributed by atoms with E-state index in [1.54, 1.807) is 12.1 Å². The Balaban J connectivity index is 2.26. The summed E-state index contributed by atoms with van der Waals surface area (Å²) in [6, 6.07) is 7.11. The third-order valence-corrected chi connectivity index (χ3v) is 4.89. The monoisotopic (exact) mass is 296 g/mol. The molecule has 0 aliphatic heterocycles. The molecule has 0 heterocycles. The average Bonchev–Trinajstić information content (AvgIpc) is 2.41. The van der Waals surface area contributed by atoms with Crippen LogP contribution in [-0.2, 0) is 6.42 Å². The molecule has 0 radical (unpaired) electrons. The fraction of sp³-hybridized carbons (Fsp3) is 0.625. The third-order valence-electron chi connectivity index (χ3n) is 3.68. The fourth-order valence-corrected chi connectivity index (χ4v) is 3.47. The van der Waals surface area contributed by atoms with Crippen LogP contribution >= 0.6 is 0 Å². The van der Waals surface area contributed by atoms with Crippen LogP contribution in [0.1, 0.15) is 63.9 Å². The molecular weight excluding hydrogens is 268 g/mol. The maximum atomic E-state index is 9.44. The van der Waals surface area contributed by atoms with Crippen molar-refractivity contribution in [3.8, 4) is 0 Å². The highest BCUT2D eigenvalue weighted by Crippen LogP contribution is 2.11. The molecule has 1 rings (SSSR count). The summed E-state index contributed by atoms with van der Waals surface area (Å²) in [5.41, 5.74) is 0.873. The minimum absolute atomic E-state index is 0.336.